The van der Waals surface area contributed by atoms with Crippen LogP contribution in [0.25, 0.3) is 0 Å². The first-order chi connectivity index (χ1) is 10.7. The molecule has 128 valence electrons. The lowest BCUT2D eigenvalue weighted by atomic mass is 10.0. The van der Waals surface area contributed by atoms with Crippen molar-refractivity contribution in [2.75, 3.05) is 6.61 Å². The number of rotatable bonds is 7. The molecule has 0 aliphatic carbocycles. The van der Waals surface area contributed by atoms with E-state index in [4.69, 9.17) is 15.3 Å². The van der Waals surface area contributed by atoms with E-state index in [-0.39, 0.29) is 0 Å². The van der Waals surface area contributed by atoms with Crippen LogP contribution in [0.1, 0.15) is 10.4 Å². The van der Waals surface area contributed by atoms with Gasteiger partial charge in [-0.3, -0.25) is 0 Å². The molecule has 0 aliphatic heterocycles. The molecular formula is C13H16O10. The van der Waals surface area contributed by atoms with Gasteiger partial charge in [-0.25, -0.2) is 9.59 Å². The van der Waals surface area contributed by atoms with E-state index in [1.165, 1.54) is 0 Å². The monoisotopic (exact) mass is 332 g/mol. The van der Waals surface area contributed by atoms with Crippen LogP contribution in [0.5, 0.6) is 11.5 Å². The Labute approximate surface area is 129 Å². The van der Waals surface area contributed by atoms with Crippen LogP contribution in [0.15, 0.2) is 18.2 Å². The van der Waals surface area contributed by atoms with Gasteiger partial charge in [-0.15, -0.1) is 0 Å². The van der Waals surface area contributed by atoms with Crippen LogP contribution in [0.2, 0.25) is 0 Å². The molecule has 0 bridgehead atoms. The zero-order valence-electron chi connectivity index (χ0n) is 11.6. The van der Waals surface area contributed by atoms with Crippen molar-refractivity contribution in [1.29, 1.82) is 0 Å². The Bertz CT molecular complexity index is 572. The van der Waals surface area contributed by atoms with Crippen molar-refractivity contribution in [3.05, 3.63) is 23.8 Å². The Kier molecular flexibility index (Phi) is 6.42. The minimum absolute atomic E-state index is 0.399. The molecule has 10 heteroatoms. The Balaban J connectivity index is 2.89. The van der Waals surface area contributed by atoms with E-state index in [0.29, 0.717) is 0 Å². The minimum Gasteiger partial charge on any atom is -0.508 e. The SMILES string of the molecule is O=C(O)c1cc(O)ccc1OC(=O)[C@H](O)[C@@H](O)[C@H](O)[C@H](O)CO. The third kappa shape index (κ3) is 4.61. The van der Waals surface area contributed by atoms with E-state index < -0.39 is 60.0 Å². The van der Waals surface area contributed by atoms with E-state index in [1.807, 2.05) is 0 Å². The van der Waals surface area contributed by atoms with E-state index in [9.17, 15) is 30.0 Å². The van der Waals surface area contributed by atoms with Crippen molar-refractivity contribution < 1.29 is 50.1 Å². The van der Waals surface area contributed by atoms with Gasteiger partial charge in [-0.1, -0.05) is 0 Å². The van der Waals surface area contributed by atoms with Crippen molar-refractivity contribution in [2.24, 2.45) is 0 Å². The number of ether oxygens (including phenoxy) is 1. The van der Waals surface area contributed by atoms with Crippen LogP contribution in [-0.2, 0) is 4.79 Å². The van der Waals surface area contributed by atoms with Gasteiger partial charge in [0.1, 0.15) is 35.4 Å². The Hall–Kier alpha value is -2.24. The summed E-state index contributed by atoms with van der Waals surface area (Å²) in [5.41, 5.74) is -0.573. The lowest BCUT2D eigenvalue weighted by Crippen LogP contribution is -2.49. The maximum absolute atomic E-state index is 11.7. The van der Waals surface area contributed by atoms with Gasteiger partial charge < -0.3 is 40.5 Å². The average Bonchev–Trinajstić information content (AvgIpc) is 2.53. The number of phenols is 1. The number of aromatic carboxylic acids is 1. The molecule has 0 heterocycles. The van der Waals surface area contributed by atoms with Gasteiger partial charge in [-0.05, 0) is 18.2 Å². The highest BCUT2D eigenvalue weighted by Crippen LogP contribution is 2.24. The van der Waals surface area contributed by atoms with Crippen LogP contribution >= 0.6 is 0 Å². The maximum Gasteiger partial charge on any atom is 0.343 e. The van der Waals surface area contributed by atoms with E-state index >= 15 is 0 Å². The number of carbonyl (C=O) groups excluding carboxylic acids is 1. The quantitative estimate of drug-likeness (QED) is 0.207. The molecule has 0 aromatic heterocycles. The molecule has 10 nitrogen and oxygen atoms in total. The van der Waals surface area contributed by atoms with Crippen molar-refractivity contribution in [1.82, 2.24) is 0 Å². The number of benzene rings is 1. The van der Waals surface area contributed by atoms with E-state index in [2.05, 4.69) is 4.74 Å². The van der Waals surface area contributed by atoms with E-state index in [0.717, 1.165) is 18.2 Å². The highest BCUT2D eigenvalue weighted by molar-refractivity contribution is 5.92. The first kappa shape index (κ1) is 18.8. The lowest BCUT2D eigenvalue weighted by molar-refractivity contribution is -0.161. The van der Waals surface area contributed by atoms with Crippen molar-refractivity contribution in [2.45, 2.75) is 24.4 Å². The second-order valence-electron chi connectivity index (χ2n) is 4.58. The van der Waals surface area contributed by atoms with Gasteiger partial charge in [-0.2, -0.15) is 0 Å². The maximum atomic E-state index is 11.7. The molecule has 0 saturated carbocycles. The summed E-state index contributed by atoms with van der Waals surface area (Å²) in [7, 11) is 0. The number of carboxylic acids is 1. The summed E-state index contributed by atoms with van der Waals surface area (Å²) in [6.07, 6.45) is -8.35. The fourth-order valence-electron chi connectivity index (χ4n) is 1.60. The third-order valence-corrected chi connectivity index (χ3v) is 2.90. The molecule has 1 aromatic carbocycles. The Morgan fingerprint density at radius 2 is 1.70 bits per heavy atom. The molecule has 1 rings (SSSR count). The van der Waals surface area contributed by atoms with Crippen molar-refractivity contribution >= 4 is 11.9 Å². The zero-order valence-corrected chi connectivity index (χ0v) is 11.6. The number of esters is 1. The largest absolute Gasteiger partial charge is 0.508 e. The number of aliphatic hydroxyl groups excluding tert-OH is 5. The molecule has 7 N–H and O–H groups in total. The zero-order chi connectivity index (χ0) is 17.7. The summed E-state index contributed by atoms with van der Waals surface area (Å²) in [6, 6.07) is 2.79. The fourth-order valence-corrected chi connectivity index (χ4v) is 1.60. The Morgan fingerprint density at radius 3 is 2.22 bits per heavy atom. The summed E-state index contributed by atoms with van der Waals surface area (Å²) in [5.74, 6) is -3.93. The number of phenolic OH excluding ortho intramolecular Hbond substituents is 1. The normalized spacial score (nSPS) is 16.2. The standard InChI is InChI=1S/C13H16O10/c14-4-7(16)9(17)10(18)11(19)13(22)23-8-2-1-5(15)3-6(8)12(20)21/h1-3,7,9-11,14-19H,4H2,(H,20,21)/t7-,9-,10+,11-/m1/s1. The number of carboxylic acid groups (broad SMARTS) is 1. The lowest BCUT2D eigenvalue weighted by Gasteiger charge is -2.24. The molecule has 0 saturated heterocycles. The molecule has 1 aromatic rings. The van der Waals surface area contributed by atoms with Gasteiger partial charge >= 0.3 is 11.9 Å². The van der Waals surface area contributed by atoms with Crippen LogP contribution in [0.3, 0.4) is 0 Å². The molecule has 0 spiro atoms. The number of aliphatic hydroxyl groups is 5. The molecule has 0 radical (unpaired) electrons. The summed E-state index contributed by atoms with van der Waals surface area (Å²) >= 11 is 0. The summed E-state index contributed by atoms with van der Waals surface area (Å²) < 4.78 is 4.61. The predicted octanol–water partition coefficient (Wildman–Crippen LogP) is -2.57. The number of carbonyl (C=O) groups is 2. The van der Waals surface area contributed by atoms with Gasteiger partial charge in [0.25, 0.3) is 0 Å². The van der Waals surface area contributed by atoms with Gasteiger partial charge in [0.05, 0.1) is 6.61 Å². The molecule has 0 fully saturated rings. The summed E-state index contributed by atoms with van der Waals surface area (Å²) in [5, 5.41) is 64.4. The topological polar surface area (TPSA) is 185 Å². The Morgan fingerprint density at radius 1 is 1.09 bits per heavy atom. The highest BCUT2D eigenvalue weighted by Gasteiger charge is 2.35. The molecule has 0 aliphatic rings. The highest BCUT2D eigenvalue weighted by atomic mass is 16.6. The second kappa shape index (κ2) is 7.85. The molecule has 0 unspecified atom stereocenters. The molecule has 23 heavy (non-hydrogen) atoms. The van der Waals surface area contributed by atoms with E-state index in [1.54, 1.807) is 0 Å². The molecular weight excluding hydrogens is 316 g/mol. The minimum atomic E-state index is -2.32. The molecule has 0 amide bonds. The first-order valence-electron chi connectivity index (χ1n) is 6.30. The van der Waals surface area contributed by atoms with Crippen LogP contribution in [-0.4, -0.2) is 78.7 Å². The van der Waals surface area contributed by atoms with Crippen molar-refractivity contribution in [3.63, 3.8) is 0 Å². The van der Waals surface area contributed by atoms with Crippen LogP contribution < -0.4 is 4.74 Å². The number of aromatic hydroxyl groups is 1. The third-order valence-electron chi connectivity index (χ3n) is 2.90. The van der Waals surface area contributed by atoms with Crippen LogP contribution in [0, 0.1) is 0 Å². The predicted molar refractivity (Wildman–Crippen MR) is 71.8 cm³/mol. The second-order valence-corrected chi connectivity index (χ2v) is 4.58. The first-order valence-corrected chi connectivity index (χ1v) is 6.30. The smallest absolute Gasteiger partial charge is 0.343 e. The number of hydrogen-bond donors (Lipinski definition) is 7. The summed E-state index contributed by atoms with van der Waals surface area (Å²) in [4.78, 5) is 22.7. The van der Waals surface area contributed by atoms with Gasteiger partial charge in [0, 0.05) is 0 Å². The average molecular weight is 332 g/mol. The van der Waals surface area contributed by atoms with Gasteiger partial charge in [0.15, 0.2) is 6.10 Å². The molecule has 4 atom stereocenters. The van der Waals surface area contributed by atoms with Crippen molar-refractivity contribution in [3.8, 4) is 11.5 Å². The number of hydrogen-bond acceptors (Lipinski definition) is 9. The van der Waals surface area contributed by atoms with Crippen LogP contribution in [0.4, 0.5) is 0 Å². The van der Waals surface area contributed by atoms with Gasteiger partial charge in [0.2, 0.25) is 0 Å². The summed E-state index contributed by atoms with van der Waals surface area (Å²) in [6.45, 7) is -0.929. The fraction of sp³-hybridized carbons (Fsp3) is 0.385.